The molecule has 24 heavy (non-hydrogen) atoms. The van der Waals surface area contributed by atoms with E-state index < -0.39 is 7.60 Å². The van der Waals surface area contributed by atoms with Gasteiger partial charge in [-0.3, -0.25) is 9.36 Å². The van der Waals surface area contributed by atoms with Crippen LogP contribution in [0.1, 0.15) is 15.9 Å². The van der Waals surface area contributed by atoms with Gasteiger partial charge in [-0.25, -0.2) is 4.98 Å². The summed E-state index contributed by atoms with van der Waals surface area (Å²) in [5.41, 5.74) is 3.02. The van der Waals surface area contributed by atoms with E-state index in [1.54, 1.807) is 37.6 Å². The van der Waals surface area contributed by atoms with Crippen molar-refractivity contribution in [3.05, 3.63) is 59.9 Å². The highest BCUT2D eigenvalue weighted by molar-refractivity contribution is 7.60. The second-order valence-electron chi connectivity index (χ2n) is 5.37. The minimum atomic E-state index is -4.22. The molecule has 1 amide bonds. The zero-order valence-electron chi connectivity index (χ0n) is 12.9. The summed E-state index contributed by atoms with van der Waals surface area (Å²) in [5, 5.41) is 2.57. The number of carbonyl (C=O) groups is 1. The highest BCUT2D eigenvalue weighted by atomic mass is 31.2. The van der Waals surface area contributed by atoms with Gasteiger partial charge in [0.25, 0.3) is 5.91 Å². The summed E-state index contributed by atoms with van der Waals surface area (Å²) in [6, 6.07) is 11.5. The van der Waals surface area contributed by atoms with Gasteiger partial charge < -0.3 is 19.7 Å². The van der Waals surface area contributed by atoms with E-state index in [0.29, 0.717) is 17.6 Å². The number of amides is 1. The summed E-state index contributed by atoms with van der Waals surface area (Å²) in [5.74, 6) is -0.167. The van der Waals surface area contributed by atoms with Crippen LogP contribution in [0.2, 0.25) is 0 Å². The minimum absolute atomic E-state index is 0.00282. The topological polar surface area (TPSA) is 104 Å². The summed E-state index contributed by atoms with van der Waals surface area (Å²) in [4.78, 5) is 34.2. The van der Waals surface area contributed by atoms with Crippen LogP contribution >= 0.6 is 7.60 Å². The number of hydrogen-bond donors (Lipinski definition) is 3. The first-order chi connectivity index (χ1) is 11.4. The molecular formula is C16H16N3O4P. The van der Waals surface area contributed by atoms with Crippen LogP contribution in [0.3, 0.4) is 0 Å². The van der Waals surface area contributed by atoms with Crippen LogP contribution < -0.4 is 10.6 Å². The van der Waals surface area contributed by atoms with Crippen LogP contribution in [0.5, 0.6) is 0 Å². The first kappa shape index (κ1) is 16.4. The highest BCUT2D eigenvalue weighted by Gasteiger charge is 2.16. The third kappa shape index (κ3) is 3.23. The van der Waals surface area contributed by atoms with Gasteiger partial charge in [-0.1, -0.05) is 12.1 Å². The molecule has 0 aliphatic heterocycles. The number of nitrogens with one attached hydrogen (secondary N) is 1. The molecule has 3 rings (SSSR count). The largest absolute Gasteiger partial charge is 0.356 e. The van der Waals surface area contributed by atoms with E-state index >= 15 is 0 Å². The predicted octanol–water partition coefficient (Wildman–Crippen LogP) is 1.25. The normalized spacial score (nSPS) is 11.6. The molecule has 0 aliphatic carbocycles. The lowest BCUT2D eigenvalue weighted by Crippen LogP contribution is -2.17. The van der Waals surface area contributed by atoms with E-state index in [4.69, 9.17) is 9.79 Å². The minimum Gasteiger partial charge on any atom is -0.355 e. The van der Waals surface area contributed by atoms with E-state index in [9.17, 15) is 9.36 Å². The lowest BCUT2D eigenvalue weighted by atomic mass is 10.2. The molecule has 0 spiro atoms. The first-order valence-corrected chi connectivity index (χ1v) is 8.82. The average molecular weight is 345 g/mol. The lowest BCUT2D eigenvalue weighted by molar-refractivity contribution is 0.0963. The molecule has 1 heterocycles. The van der Waals surface area contributed by atoms with E-state index in [1.807, 2.05) is 10.6 Å². The van der Waals surface area contributed by atoms with Gasteiger partial charge in [-0.2, -0.15) is 0 Å². The Hall–Kier alpha value is -2.47. The summed E-state index contributed by atoms with van der Waals surface area (Å²) >= 11 is 0. The SMILES string of the molecule is CNC(=O)c1ccc2c(c1)ncn2Cc1ccc(P(=O)(O)O)cc1. The van der Waals surface area contributed by atoms with E-state index in [-0.39, 0.29) is 11.2 Å². The monoisotopic (exact) mass is 345 g/mol. The smallest absolute Gasteiger partial charge is 0.355 e. The van der Waals surface area contributed by atoms with Gasteiger partial charge in [0, 0.05) is 19.2 Å². The van der Waals surface area contributed by atoms with Crippen LogP contribution in [-0.2, 0) is 11.1 Å². The van der Waals surface area contributed by atoms with Crippen LogP contribution in [0, 0.1) is 0 Å². The number of nitrogens with zero attached hydrogens (tertiary/aromatic N) is 2. The number of fused-ring (bicyclic) bond motifs is 1. The van der Waals surface area contributed by atoms with Gasteiger partial charge in [0.15, 0.2) is 0 Å². The molecule has 0 unspecified atom stereocenters. The Morgan fingerprint density at radius 1 is 1.21 bits per heavy atom. The molecule has 0 bridgehead atoms. The highest BCUT2D eigenvalue weighted by Crippen LogP contribution is 2.32. The zero-order chi connectivity index (χ0) is 17.3. The Kier molecular flexibility index (Phi) is 4.24. The third-order valence-corrected chi connectivity index (χ3v) is 4.71. The van der Waals surface area contributed by atoms with E-state index in [1.165, 1.54) is 12.1 Å². The van der Waals surface area contributed by atoms with Crippen molar-refractivity contribution in [1.82, 2.24) is 14.9 Å². The fourth-order valence-electron chi connectivity index (χ4n) is 2.47. The number of hydrogen-bond acceptors (Lipinski definition) is 3. The molecule has 124 valence electrons. The van der Waals surface area contributed by atoms with Crippen molar-refractivity contribution in [3.8, 4) is 0 Å². The molecule has 0 aliphatic rings. The van der Waals surface area contributed by atoms with Gasteiger partial charge in [0.1, 0.15) is 0 Å². The third-order valence-electron chi connectivity index (χ3n) is 3.74. The number of rotatable bonds is 4. The summed E-state index contributed by atoms with van der Waals surface area (Å²) in [6.07, 6.45) is 1.68. The maximum atomic E-state index is 11.7. The van der Waals surface area contributed by atoms with Gasteiger partial charge >= 0.3 is 7.60 Å². The summed E-state index contributed by atoms with van der Waals surface area (Å²) in [6.45, 7) is 0.511. The fraction of sp³-hybridized carbons (Fsp3) is 0.125. The predicted molar refractivity (Wildman–Crippen MR) is 90.3 cm³/mol. The number of aromatic nitrogens is 2. The van der Waals surface area contributed by atoms with Crippen molar-refractivity contribution in [2.45, 2.75) is 6.54 Å². The molecule has 1 aromatic heterocycles. The summed E-state index contributed by atoms with van der Waals surface area (Å²) < 4.78 is 13.1. The first-order valence-electron chi connectivity index (χ1n) is 7.20. The van der Waals surface area contributed by atoms with Crippen LogP contribution in [0.4, 0.5) is 0 Å². The molecule has 0 atom stereocenters. The summed E-state index contributed by atoms with van der Waals surface area (Å²) in [7, 11) is -2.65. The van der Waals surface area contributed by atoms with Gasteiger partial charge in [-0.05, 0) is 35.9 Å². The standard InChI is InChI=1S/C16H16N3O4P/c1-17-16(20)12-4-7-15-14(8-12)18-10-19(15)9-11-2-5-13(6-3-11)24(21,22)23/h2-8,10H,9H2,1H3,(H,17,20)(H2,21,22,23). The van der Waals surface area contributed by atoms with Gasteiger partial charge in [0.05, 0.1) is 22.7 Å². The molecular weight excluding hydrogens is 329 g/mol. The number of benzene rings is 2. The van der Waals surface area contributed by atoms with E-state index in [2.05, 4.69) is 10.3 Å². The Bertz CT molecular complexity index is 944. The van der Waals surface area contributed by atoms with Crippen molar-refractivity contribution in [3.63, 3.8) is 0 Å². The van der Waals surface area contributed by atoms with Gasteiger partial charge in [-0.15, -0.1) is 0 Å². The van der Waals surface area contributed by atoms with Crippen molar-refractivity contribution >= 4 is 29.8 Å². The van der Waals surface area contributed by atoms with Crippen LogP contribution in [0.25, 0.3) is 11.0 Å². The average Bonchev–Trinajstić information content (AvgIpc) is 2.96. The molecule has 0 saturated heterocycles. The number of imidazole rings is 1. The second kappa shape index (κ2) is 6.20. The Morgan fingerprint density at radius 2 is 1.92 bits per heavy atom. The number of carbonyl (C=O) groups excluding carboxylic acids is 1. The molecule has 0 saturated carbocycles. The molecule has 3 N–H and O–H groups in total. The maximum Gasteiger partial charge on any atom is 0.356 e. The molecule has 3 aromatic rings. The van der Waals surface area contributed by atoms with Crippen molar-refractivity contribution in [1.29, 1.82) is 0 Å². The Labute approximate surface area is 138 Å². The molecule has 0 radical (unpaired) electrons. The Morgan fingerprint density at radius 3 is 2.54 bits per heavy atom. The lowest BCUT2D eigenvalue weighted by Gasteiger charge is -2.07. The van der Waals surface area contributed by atoms with Gasteiger partial charge in [0.2, 0.25) is 0 Å². The quantitative estimate of drug-likeness (QED) is 0.617. The van der Waals surface area contributed by atoms with Crippen molar-refractivity contribution in [2.24, 2.45) is 0 Å². The molecule has 8 heteroatoms. The fourth-order valence-corrected chi connectivity index (χ4v) is 3.01. The molecule has 2 aromatic carbocycles. The maximum absolute atomic E-state index is 11.7. The van der Waals surface area contributed by atoms with Crippen LogP contribution in [0.15, 0.2) is 48.8 Å². The second-order valence-corrected chi connectivity index (χ2v) is 6.97. The molecule has 0 fully saturated rings. The van der Waals surface area contributed by atoms with Crippen LogP contribution in [-0.4, -0.2) is 32.3 Å². The van der Waals surface area contributed by atoms with E-state index in [0.717, 1.165) is 11.1 Å². The van der Waals surface area contributed by atoms with Crippen molar-refractivity contribution in [2.75, 3.05) is 7.05 Å². The Balaban J connectivity index is 1.88. The zero-order valence-corrected chi connectivity index (χ0v) is 13.8. The van der Waals surface area contributed by atoms with Crippen molar-refractivity contribution < 1.29 is 19.1 Å². The molecule has 7 nitrogen and oxygen atoms in total.